The highest BCUT2D eigenvalue weighted by Crippen LogP contribution is 2.65. The number of benzene rings is 1. The van der Waals surface area contributed by atoms with Crippen molar-refractivity contribution in [3.63, 3.8) is 0 Å². The van der Waals surface area contributed by atoms with E-state index < -0.39 is 23.5 Å². The van der Waals surface area contributed by atoms with Crippen molar-refractivity contribution in [1.29, 1.82) is 0 Å². The third-order valence-corrected chi connectivity index (χ3v) is 10.2. The highest BCUT2D eigenvalue weighted by molar-refractivity contribution is 5.81. The van der Waals surface area contributed by atoms with Crippen molar-refractivity contribution in [1.82, 2.24) is 10.6 Å². The van der Waals surface area contributed by atoms with Gasteiger partial charge >= 0.3 is 6.18 Å². The molecule has 0 bridgehead atoms. The number of fused-ring (bicyclic) bond motifs is 5. The first kappa shape index (κ1) is 24.4. The molecular weight excluding hydrogens is 453 g/mol. The summed E-state index contributed by atoms with van der Waals surface area (Å²) in [4.78, 5) is 25.5. The second kappa shape index (κ2) is 8.10. The molecule has 7 atom stereocenters. The summed E-state index contributed by atoms with van der Waals surface area (Å²) in [5.41, 5.74) is -1.74. The summed E-state index contributed by atoms with van der Waals surface area (Å²) in [6.07, 6.45) is 2.99. The van der Waals surface area contributed by atoms with Crippen molar-refractivity contribution in [3.8, 4) is 0 Å². The van der Waals surface area contributed by atoms with Crippen molar-refractivity contribution in [3.05, 3.63) is 47.7 Å². The van der Waals surface area contributed by atoms with Crippen molar-refractivity contribution in [2.45, 2.75) is 77.4 Å². The van der Waals surface area contributed by atoms with Crippen molar-refractivity contribution in [2.75, 3.05) is 0 Å². The van der Waals surface area contributed by atoms with Gasteiger partial charge in [-0.15, -0.1) is 0 Å². The fourth-order valence-electron chi connectivity index (χ4n) is 8.04. The SMILES string of the molecule is CC(NC(=O)C1CC[C@H]2[C@@H]3CC=C4NC(=O)CC[C@]4(C)[C@@H]3CC[C@]12C)(c1ccccc1)C(F)(F)F. The predicted octanol–water partition coefficient (Wildman–Crippen LogP) is 5.84. The Kier molecular flexibility index (Phi) is 5.65. The van der Waals surface area contributed by atoms with Gasteiger partial charge in [0.2, 0.25) is 11.8 Å². The summed E-state index contributed by atoms with van der Waals surface area (Å²) in [7, 11) is 0. The lowest BCUT2D eigenvalue weighted by Gasteiger charge is -2.57. The van der Waals surface area contributed by atoms with Crippen LogP contribution in [0.5, 0.6) is 0 Å². The van der Waals surface area contributed by atoms with Crippen LogP contribution in [0.3, 0.4) is 0 Å². The number of hydrogen-bond donors (Lipinski definition) is 2. The molecule has 190 valence electrons. The molecule has 0 radical (unpaired) electrons. The monoisotopic (exact) mass is 488 g/mol. The average Bonchev–Trinajstić information content (AvgIpc) is 3.16. The maximum absolute atomic E-state index is 14.3. The Morgan fingerprint density at radius 2 is 1.77 bits per heavy atom. The van der Waals surface area contributed by atoms with E-state index in [2.05, 4.69) is 30.6 Å². The lowest BCUT2D eigenvalue weighted by atomic mass is 9.49. The minimum absolute atomic E-state index is 0.0430. The molecule has 1 aromatic carbocycles. The molecule has 35 heavy (non-hydrogen) atoms. The fourth-order valence-corrected chi connectivity index (χ4v) is 8.04. The van der Waals surface area contributed by atoms with Crippen LogP contribution in [-0.4, -0.2) is 18.0 Å². The highest BCUT2D eigenvalue weighted by Gasteiger charge is 2.61. The standard InChI is InChI=1S/C28H35F3N2O2/c1-25-15-13-20-18(9-12-22-26(20,2)16-14-23(34)32-22)19(25)10-11-21(25)24(35)33-27(3,28(29,30)31)17-7-5-4-6-8-17/h4-8,12,18-21H,9-11,13-16H2,1-3H3,(H,32,34)(H,33,35)/t18-,19-,20+,21?,25-,26+,27?/m0/s1. The molecule has 7 heteroatoms. The second-order valence-corrected chi connectivity index (χ2v) is 11.8. The molecule has 4 aliphatic rings. The Hall–Kier alpha value is -2.31. The number of amides is 2. The normalized spacial score (nSPS) is 38.2. The molecule has 0 aromatic heterocycles. The zero-order chi connectivity index (χ0) is 25.2. The van der Waals surface area contributed by atoms with Crippen molar-refractivity contribution in [2.24, 2.45) is 34.5 Å². The van der Waals surface area contributed by atoms with Gasteiger partial charge in [0, 0.05) is 23.5 Å². The van der Waals surface area contributed by atoms with Gasteiger partial charge in [0.25, 0.3) is 0 Å². The third kappa shape index (κ3) is 3.63. The first-order valence-electron chi connectivity index (χ1n) is 12.8. The molecule has 0 spiro atoms. The average molecular weight is 489 g/mol. The van der Waals surface area contributed by atoms with E-state index in [-0.39, 0.29) is 28.2 Å². The molecule has 1 heterocycles. The molecule has 4 nitrogen and oxygen atoms in total. The van der Waals surface area contributed by atoms with Crippen LogP contribution < -0.4 is 10.6 Å². The van der Waals surface area contributed by atoms with E-state index in [1.165, 1.54) is 12.1 Å². The number of rotatable bonds is 3. The lowest BCUT2D eigenvalue weighted by molar-refractivity contribution is -0.199. The van der Waals surface area contributed by atoms with Crippen LogP contribution >= 0.6 is 0 Å². The van der Waals surface area contributed by atoms with Crippen molar-refractivity contribution < 1.29 is 22.8 Å². The highest BCUT2D eigenvalue weighted by atomic mass is 19.4. The van der Waals surface area contributed by atoms with Crippen LogP contribution in [0.2, 0.25) is 0 Å². The van der Waals surface area contributed by atoms with Gasteiger partial charge in [-0.3, -0.25) is 9.59 Å². The van der Waals surface area contributed by atoms with Crippen molar-refractivity contribution >= 4 is 11.8 Å². The second-order valence-electron chi connectivity index (χ2n) is 11.8. The molecule has 2 amide bonds. The lowest BCUT2D eigenvalue weighted by Crippen LogP contribution is -2.58. The smallest absolute Gasteiger partial charge is 0.338 e. The van der Waals surface area contributed by atoms with Gasteiger partial charge in [0.05, 0.1) is 0 Å². The van der Waals surface area contributed by atoms with E-state index in [9.17, 15) is 22.8 Å². The molecule has 1 aromatic rings. The summed E-state index contributed by atoms with van der Waals surface area (Å²) in [5.74, 6) is 0.254. The van der Waals surface area contributed by atoms with Gasteiger partial charge in [-0.1, -0.05) is 50.3 Å². The van der Waals surface area contributed by atoms with Gasteiger partial charge < -0.3 is 10.6 Å². The number of carbonyl (C=O) groups is 2. The summed E-state index contributed by atoms with van der Waals surface area (Å²) in [6.45, 7) is 5.45. The summed E-state index contributed by atoms with van der Waals surface area (Å²) in [5, 5.41) is 5.55. The Balaban J connectivity index is 1.40. The summed E-state index contributed by atoms with van der Waals surface area (Å²) in [6, 6.07) is 7.66. The number of alkyl halides is 3. The first-order chi connectivity index (χ1) is 16.4. The predicted molar refractivity (Wildman–Crippen MR) is 127 cm³/mol. The topological polar surface area (TPSA) is 58.2 Å². The molecule has 2 saturated carbocycles. The number of halogens is 3. The minimum Gasteiger partial charge on any atom is -0.338 e. The number of hydrogen-bond acceptors (Lipinski definition) is 2. The van der Waals surface area contributed by atoms with E-state index in [4.69, 9.17) is 0 Å². The first-order valence-corrected chi connectivity index (χ1v) is 12.8. The zero-order valence-electron chi connectivity index (χ0n) is 20.7. The van der Waals surface area contributed by atoms with E-state index >= 15 is 0 Å². The molecule has 3 fully saturated rings. The maximum atomic E-state index is 14.3. The number of nitrogens with one attached hydrogen (secondary N) is 2. The van der Waals surface area contributed by atoms with Crippen LogP contribution in [-0.2, 0) is 15.1 Å². The maximum Gasteiger partial charge on any atom is 0.415 e. The Bertz CT molecular complexity index is 1050. The molecule has 5 rings (SSSR count). The quantitative estimate of drug-likeness (QED) is 0.561. The molecule has 1 aliphatic heterocycles. The summed E-state index contributed by atoms with van der Waals surface area (Å²) < 4.78 is 42.8. The molecule has 2 unspecified atom stereocenters. The van der Waals surface area contributed by atoms with E-state index in [1.54, 1.807) is 18.2 Å². The van der Waals surface area contributed by atoms with Gasteiger partial charge in [-0.05, 0) is 74.2 Å². The van der Waals surface area contributed by atoms with Crippen LogP contribution in [0.1, 0.15) is 71.3 Å². The molecule has 3 aliphatic carbocycles. The Morgan fingerprint density at radius 3 is 2.46 bits per heavy atom. The number of carbonyl (C=O) groups excluding carboxylic acids is 2. The molecule has 2 N–H and O–H groups in total. The number of piperidine rings is 1. The fraction of sp³-hybridized carbons (Fsp3) is 0.643. The van der Waals surface area contributed by atoms with Crippen LogP contribution in [0.25, 0.3) is 0 Å². The number of allylic oxidation sites excluding steroid dienone is 2. The van der Waals surface area contributed by atoms with Gasteiger partial charge in [-0.2, -0.15) is 13.2 Å². The Labute approximate surface area is 205 Å². The van der Waals surface area contributed by atoms with Crippen LogP contribution in [0.4, 0.5) is 13.2 Å². The van der Waals surface area contributed by atoms with E-state index in [0.29, 0.717) is 24.7 Å². The van der Waals surface area contributed by atoms with Gasteiger partial charge in [0.1, 0.15) is 0 Å². The van der Waals surface area contributed by atoms with Crippen LogP contribution in [0.15, 0.2) is 42.1 Å². The molecule has 1 saturated heterocycles. The third-order valence-electron chi connectivity index (χ3n) is 10.2. The van der Waals surface area contributed by atoms with E-state index in [1.807, 2.05) is 0 Å². The summed E-state index contributed by atoms with van der Waals surface area (Å²) >= 11 is 0. The largest absolute Gasteiger partial charge is 0.415 e. The minimum atomic E-state index is -4.62. The van der Waals surface area contributed by atoms with Gasteiger partial charge in [0.15, 0.2) is 5.54 Å². The van der Waals surface area contributed by atoms with Gasteiger partial charge in [-0.25, -0.2) is 0 Å². The van der Waals surface area contributed by atoms with E-state index in [0.717, 1.165) is 44.7 Å². The Morgan fingerprint density at radius 1 is 1.06 bits per heavy atom. The zero-order valence-corrected chi connectivity index (χ0v) is 20.7. The van der Waals surface area contributed by atoms with Crippen LogP contribution in [0, 0.1) is 34.5 Å². The molecular formula is C28H35F3N2O2.